The molecule has 1 heterocycles. The van der Waals surface area contributed by atoms with Gasteiger partial charge in [0.05, 0.1) is 18.2 Å². The molecule has 84 valence electrons. The molecule has 2 amide bonds. The molecule has 1 aromatic heterocycles. The first-order valence-corrected chi connectivity index (χ1v) is 4.15. The Morgan fingerprint density at radius 1 is 1.19 bits per heavy atom. The summed E-state index contributed by atoms with van der Waals surface area (Å²) in [4.78, 5) is 36.7. The highest BCUT2D eigenvalue weighted by atomic mass is 16.5. The molecule has 7 heteroatoms. The second-order valence-electron chi connectivity index (χ2n) is 2.84. The van der Waals surface area contributed by atoms with Crippen LogP contribution in [0.5, 0.6) is 0 Å². The molecule has 0 spiro atoms. The number of amides is 2. The summed E-state index contributed by atoms with van der Waals surface area (Å²) in [7, 11) is 1.14. The summed E-state index contributed by atoms with van der Waals surface area (Å²) in [5, 5.41) is 0. The smallest absolute Gasteiger partial charge is 0.338 e. The van der Waals surface area contributed by atoms with Crippen molar-refractivity contribution in [2.75, 3.05) is 7.11 Å². The molecule has 4 N–H and O–H groups in total. The summed E-state index contributed by atoms with van der Waals surface area (Å²) in [5.74, 6) is -2.45. The van der Waals surface area contributed by atoms with Gasteiger partial charge in [-0.05, 0) is 6.07 Å². The molecule has 0 atom stereocenters. The largest absolute Gasteiger partial charge is 0.465 e. The SMILES string of the molecule is COC(=O)c1cc(C(N)=O)ncc1C(N)=O. The highest BCUT2D eigenvalue weighted by Crippen LogP contribution is 2.10. The van der Waals surface area contributed by atoms with E-state index in [2.05, 4.69) is 9.72 Å². The molecular weight excluding hydrogens is 214 g/mol. The molecule has 0 aromatic carbocycles. The van der Waals surface area contributed by atoms with Gasteiger partial charge in [0.1, 0.15) is 5.69 Å². The Hall–Kier alpha value is -2.44. The van der Waals surface area contributed by atoms with E-state index >= 15 is 0 Å². The van der Waals surface area contributed by atoms with E-state index in [0.29, 0.717) is 0 Å². The topological polar surface area (TPSA) is 125 Å². The van der Waals surface area contributed by atoms with Crippen molar-refractivity contribution in [1.29, 1.82) is 0 Å². The molecule has 1 aromatic rings. The second-order valence-corrected chi connectivity index (χ2v) is 2.84. The van der Waals surface area contributed by atoms with E-state index in [1.165, 1.54) is 0 Å². The van der Waals surface area contributed by atoms with Crippen LogP contribution < -0.4 is 11.5 Å². The van der Waals surface area contributed by atoms with Gasteiger partial charge >= 0.3 is 5.97 Å². The van der Waals surface area contributed by atoms with Gasteiger partial charge in [-0.15, -0.1) is 0 Å². The Morgan fingerprint density at radius 3 is 2.25 bits per heavy atom. The van der Waals surface area contributed by atoms with E-state index in [-0.39, 0.29) is 16.8 Å². The van der Waals surface area contributed by atoms with Crippen LogP contribution in [0.1, 0.15) is 31.2 Å². The lowest BCUT2D eigenvalue weighted by Crippen LogP contribution is -2.20. The number of carbonyl (C=O) groups excluding carboxylic acids is 3. The first-order chi connectivity index (χ1) is 7.47. The van der Waals surface area contributed by atoms with Gasteiger partial charge in [0.2, 0.25) is 0 Å². The highest BCUT2D eigenvalue weighted by molar-refractivity contribution is 6.05. The molecule has 1 rings (SSSR count). The minimum atomic E-state index is -0.844. The molecule has 0 aliphatic heterocycles. The lowest BCUT2D eigenvalue weighted by atomic mass is 10.1. The maximum atomic E-state index is 11.3. The summed E-state index contributed by atoms with van der Waals surface area (Å²) < 4.78 is 4.44. The van der Waals surface area contributed by atoms with Crippen LogP contribution in [0.3, 0.4) is 0 Å². The molecule has 0 radical (unpaired) electrons. The predicted molar refractivity (Wildman–Crippen MR) is 52.6 cm³/mol. The Morgan fingerprint density at radius 2 is 1.81 bits per heavy atom. The van der Waals surface area contributed by atoms with E-state index < -0.39 is 17.8 Å². The van der Waals surface area contributed by atoms with Gasteiger partial charge in [-0.2, -0.15) is 0 Å². The minimum absolute atomic E-state index is 0.128. The molecule has 0 saturated carbocycles. The van der Waals surface area contributed by atoms with Crippen molar-refractivity contribution in [3.05, 3.63) is 29.1 Å². The molecule has 0 bridgehead atoms. The van der Waals surface area contributed by atoms with Crippen molar-refractivity contribution in [2.45, 2.75) is 0 Å². The standard InChI is InChI=1S/C9H9N3O4/c1-16-9(15)4-2-6(8(11)14)12-3-5(4)7(10)13/h2-3H,1H3,(H2,10,13)(H2,11,14). The fourth-order valence-electron chi connectivity index (χ4n) is 1.07. The summed E-state index contributed by atoms with van der Waals surface area (Å²) in [6.45, 7) is 0. The number of nitrogens with two attached hydrogens (primary N) is 2. The van der Waals surface area contributed by atoms with E-state index in [9.17, 15) is 14.4 Å². The van der Waals surface area contributed by atoms with Crippen LogP contribution in [0.2, 0.25) is 0 Å². The van der Waals surface area contributed by atoms with Crippen LogP contribution in [0.4, 0.5) is 0 Å². The molecule has 16 heavy (non-hydrogen) atoms. The third kappa shape index (κ3) is 2.14. The van der Waals surface area contributed by atoms with Crippen LogP contribution in [-0.2, 0) is 4.74 Å². The van der Waals surface area contributed by atoms with Gasteiger partial charge in [0, 0.05) is 6.20 Å². The number of carbonyl (C=O) groups is 3. The summed E-state index contributed by atoms with van der Waals surface area (Å²) in [6.07, 6.45) is 1.01. The van der Waals surface area contributed by atoms with Crippen LogP contribution >= 0.6 is 0 Å². The van der Waals surface area contributed by atoms with Crippen LogP contribution in [0.25, 0.3) is 0 Å². The van der Waals surface area contributed by atoms with E-state index in [1.54, 1.807) is 0 Å². The van der Waals surface area contributed by atoms with Gasteiger partial charge < -0.3 is 16.2 Å². The van der Waals surface area contributed by atoms with Crippen molar-refractivity contribution in [2.24, 2.45) is 11.5 Å². The minimum Gasteiger partial charge on any atom is -0.465 e. The van der Waals surface area contributed by atoms with Crippen molar-refractivity contribution < 1.29 is 19.1 Å². The molecule has 0 saturated heterocycles. The number of primary amides is 2. The maximum absolute atomic E-state index is 11.3. The quantitative estimate of drug-likeness (QED) is 0.640. The number of pyridine rings is 1. The first-order valence-electron chi connectivity index (χ1n) is 4.15. The van der Waals surface area contributed by atoms with Crippen LogP contribution in [0.15, 0.2) is 12.3 Å². The first kappa shape index (κ1) is 11.6. The Kier molecular flexibility index (Phi) is 3.19. The molecule has 0 fully saturated rings. The van der Waals surface area contributed by atoms with Gasteiger partial charge in [0.25, 0.3) is 11.8 Å². The zero-order valence-corrected chi connectivity index (χ0v) is 8.39. The highest BCUT2D eigenvalue weighted by Gasteiger charge is 2.18. The Bertz CT molecular complexity index is 470. The number of ether oxygens (including phenoxy) is 1. The monoisotopic (exact) mass is 223 g/mol. The van der Waals surface area contributed by atoms with Gasteiger partial charge in [-0.1, -0.05) is 0 Å². The zero-order valence-electron chi connectivity index (χ0n) is 8.39. The summed E-state index contributed by atoms with van der Waals surface area (Å²) >= 11 is 0. The van der Waals surface area contributed by atoms with Crippen molar-refractivity contribution in [3.8, 4) is 0 Å². The van der Waals surface area contributed by atoms with Gasteiger partial charge in [-0.25, -0.2) is 4.79 Å². The fraction of sp³-hybridized carbons (Fsp3) is 0.111. The van der Waals surface area contributed by atoms with E-state index in [1.807, 2.05) is 0 Å². The average Bonchev–Trinajstić information content (AvgIpc) is 2.26. The lowest BCUT2D eigenvalue weighted by Gasteiger charge is -2.05. The second kappa shape index (κ2) is 4.39. The lowest BCUT2D eigenvalue weighted by molar-refractivity contribution is 0.0597. The normalized spacial score (nSPS) is 9.56. The fourth-order valence-corrected chi connectivity index (χ4v) is 1.07. The Balaban J connectivity index is 3.38. The number of aromatic nitrogens is 1. The molecule has 0 aliphatic rings. The van der Waals surface area contributed by atoms with Crippen molar-refractivity contribution in [1.82, 2.24) is 4.98 Å². The number of hydrogen-bond acceptors (Lipinski definition) is 5. The number of rotatable bonds is 3. The van der Waals surface area contributed by atoms with Crippen molar-refractivity contribution >= 4 is 17.8 Å². The zero-order chi connectivity index (χ0) is 12.3. The Labute approximate surface area is 90.4 Å². The maximum Gasteiger partial charge on any atom is 0.338 e. The van der Waals surface area contributed by atoms with Crippen LogP contribution in [-0.4, -0.2) is 29.9 Å². The van der Waals surface area contributed by atoms with Gasteiger partial charge in [0.15, 0.2) is 0 Å². The molecular formula is C9H9N3O4. The number of methoxy groups -OCH3 is 1. The number of esters is 1. The number of nitrogens with zero attached hydrogens (tertiary/aromatic N) is 1. The van der Waals surface area contributed by atoms with E-state index in [4.69, 9.17) is 11.5 Å². The third-order valence-electron chi connectivity index (χ3n) is 1.83. The summed E-state index contributed by atoms with van der Waals surface area (Å²) in [5.41, 5.74) is 9.60. The molecule has 7 nitrogen and oxygen atoms in total. The van der Waals surface area contributed by atoms with Gasteiger partial charge in [-0.3, -0.25) is 14.6 Å². The predicted octanol–water partition coefficient (Wildman–Crippen LogP) is -0.934. The molecule has 0 aliphatic carbocycles. The number of hydrogen-bond donors (Lipinski definition) is 2. The third-order valence-corrected chi connectivity index (χ3v) is 1.83. The van der Waals surface area contributed by atoms with Crippen LogP contribution in [0, 0.1) is 0 Å². The summed E-state index contributed by atoms with van der Waals surface area (Å²) in [6, 6.07) is 1.06. The average molecular weight is 223 g/mol. The van der Waals surface area contributed by atoms with E-state index in [0.717, 1.165) is 19.4 Å². The van der Waals surface area contributed by atoms with Crippen molar-refractivity contribution in [3.63, 3.8) is 0 Å². The molecule has 0 unspecified atom stereocenters.